The number of halogens is 3. The van der Waals surface area contributed by atoms with Crippen LogP contribution in [0, 0.1) is 5.92 Å². The van der Waals surface area contributed by atoms with Crippen LogP contribution in [0.25, 0.3) is 0 Å². The van der Waals surface area contributed by atoms with Crippen LogP contribution in [0.4, 0.5) is 18.9 Å². The molecule has 0 aromatic heterocycles. The van der Waals surface area contributed by atoms with Crippen LogP contribution in [0.3, 0.4) is 0 Å². The van der Waals surface area contributed by atoms with Crippen molar-refractivity contribution in [1.29, 1.82) is 0 Å². The number of rotatable bonds is 4. The van der Waals surface area contributed by atoms with Crippen LogP contribution in [0.5, 0.6) is 5.75 Å². The van der Waals surface area contributed by atoms with Gasteiger partial charge in [-0.05, 0) is 30.2 Å². The molecule has 0 bridgehead atoms. The first-order chi connectivity index (χ1) is 9.78. The molecule has 114 valence electrons. The van der Waals surface area contributed by atoms with Gasteiger partial charge in [-0.25, -0.2) is 14.6 Å². The van der Waals surface area contributed by atoms with Crippen molar-refractivity contribution in [3.05, 3.63) is 24.3 Å². The number of hydrogen-bond acceptors (Lipinski definition) is 5. The van der Waals surface area contributed by atoms with Crippen LogP contribution < -0.4 is 4.74 Å². The molecule has 0 saturated carbocycles. The first kappa shape index (κ1) is 18.6. The third-order valence-electron chi connectivity index (χ3n) is 1.77. The Morgan fingerprint density at radius 1 is 1.14 bits per heavy atom. The Morgan fingerprint density at radius 3 is 2.05 bits per heavy atom. The zero-order valence-corrected chi connectivity index (χ0v) is 11.3. The summed E-state index contributed by atoms with van der Waals surface area (Å²) in [4.78, 5) is 25.8. The number of aliphatic imine (C=N–C) groups is 2. The number of nitrogens with zero attached hydrogens (tertiary/aromatic N) is 2. The molecule has 0 spiro atoms. The molecule has 0 aliphatic carbocycles. The van der Waals surface area contributed by atoms with Crippen LogP contribution in [0.1, 0.15) is 13.8 Å². The molecule has 1 rings (SSSR count). The van der Waals surface area contributed by atoms with E-state index in [0.29, 0.717) is 12.5 Å². The van der Waals surface area contributed by atoms with Gasteiger partial charge in [-0.2, -0.15) is 4.99 Å². The fraction of sp³-hybridized carbons (Fsp3) is 0.385. The molecule has 0 aliphatic rings. The summed E-state index contributed by atoms with van der Waals surface area (Å²) in [7, 11) is 0. The molecule has 0 radical (unpaired) electrons. The van der Waals surface area contributed by atoms with Gasteiger partial charge in [0, 0.05) is 0 Å². The van der Waals surface area contributed by atoms with E-state index in [4.69, 9.17) is 0 Å². The van der Waals surface area contributed by atoms with E-state index in [1.54, 1.807) is 0 Å². The molecule has 1 aromatic rings. The molecular weight excluding hydrogens is 289 g/mol. The lowest BCUT2D eigenvalue weighted by molar-refractivity contribution is -0.274. The number of carbonyl (C=O) groups excluding carboxylic acids is 2. The first-order valence-electron chi connectivity index (χ1n) is 5.75. The molecule has 0 heterocycles. The lowest BCUT2D eigenvalue weighted by atomic mass is 10.2. The van der Waals surface area contributed by atoms with Gasteiger partial charge in [-0.15, -0.1) is 13.2 Å². The van der Waals surface area contributed by atoms with Crippen molar-refractivity contribution in [2.45, 2.75) is 20.2 Å². The Kier molecular flexibility index (Phi) is 8.37. The molecular formula is C13H13F3N2O3. The van der Waals surface area contributed by atoms with Crippen molar-refractivity contribution in [1.82, 2.24) is 0 Å². The maximum atomic E-state index is 11.7. The molecule has 0 amide bonds. The average molecular weight is 302 g/mol. The molecule has 0 aliphatic heterocycles. The molecule has 0 N–H and O–H groups in total. The molecule has 0 fully saturated rings. The fourth-order valence-corrected chi connectivity index (χ4v) is 0.995. The average Bonchev–Trinajstić information content (AvgIpc) is 2.38. The molecule has 8 heteroatoms. The van der Waals surface area contributed by atoms with E-state index >= 15 is 0 Å². The monoisotopic (exact) mass is 302 g/mol. The summed E-state index contributed by atoms with van der Waals surface area (Å²) in [6.07, 6.45) is -1.98. The van der Waals surface area contributed by atoms with Gasteiger partial charge < -0.3 is 4.74 Å². The topological polar surface area (TPSA) is 68.1 Å². The third kappa shape index (κ3) is 11.1. The highest BCUT2D eigenvalue weighted by atomic mass is 19.4. The summed E-state index contributed by atoms with van der Waals surface area (Å²) in [5.74, 6) is 0.115. The maximum absolute atomic E-state index is 11.7. The number of ether oxygens (including phenoxy) is 1. The lowest BCUT2D eigenvalue weighted by Crippen LogP contribution is -2.16. The van der Waals surface area contributed by atoms with Crippen LogP contribution in [-0.4, -0.2) is 25.1 Å². The van der Waals surface area contributed by atoms with Gasteiger partial charge in [0.25, 0.3) is 0 Å². The minimum absolute atomic E-state index is 0.217. The minimum Gasteiger partial charge on any atom is -0.406 e. The second-order valence-corrected chi connectivity index (χ2v) is 4.07. The summed E-state index contributed by atoms with van der Waals surface area (Å²) in [6, 6.07) is 4.55. The normalized spacial score (nSPS) is 9.81. The van der Waals surface area contributed by atoms with Gasteiger partial charge in [0.05, 0.1) is 12.2 Å². The van der Waals surface area contributed by atoms with Gasteiger partial charge in [0.2, 0.25) is 12.2 Å². The Bertz CT molecular complexity index is 514. The Labute approximate surface area is 119 Å². The number of isocyanates is 2. The van der Waals surface area contributed by atoms with Gasteiger partial charge >= 0.3 is 6.36 Å². The molecule has 1 aromatic carbocycles. The molecule has 5 nitrogen and oxygen atoms in total. The molecule has 0 atom stereocenters. The van der Waals surface area contributed by atoms with Crippen molar-refractivity contribution in [3.63, 3.8) is 0 Å². The van der Waals surface area contributed by atoms with Crippen LogP contribution in [-0.2, 0) is 9.59 Å². The summed E-state index contributed by atoms with van der Waals surface area (Å²) in [5.41, 5.74) is 0.217. The predicted octanol–water partition coefficient (Wildman–Crippen LogP) is 3.53. The number of benzene rings is 1. The highest BCUT2D eigenvalue weighted by Gasteiger charge is 2.30. The SMILES string of the molecule is CC(C)CN=C=O.O=C=Nc1ccc(OC(F)(F)F)cc1. The van der Waals surface area contributed by atoms with Gasteiger partial charge in [0.15, 0.2) is 0 Å². The lowest BCUT2D eigenvalue weighted by Gasteiger charge is -2.07. The molecule has 0 unspecified atom stereocenters. The van der Waals surface area contributed by atoms with Crippen molar-refractivity contribution in [3.8, 4) is 5.75 Å². The van der Waals surface area contributed by atoms with E-state index in [2.05, 4.69) is 14.7 Å². The summed E-state index contributed by atoms with van der Waals surface area (Å²) < 4.78 is 38.6. The van der Waals surface area contributed by atoms with Gasteiger partial charge in [-0.1, -0.05) is 13.8 Å². The smallest absolute Gasteiger partial charge is 0.406 e. The van der Waals surface area contributed by atoms with Gasteiger partial charge in [0.1, 0.15) is 5.75 Å². The Hall–Kier alpha value is -2.43. The van der Waals surface area contributed by atoms with Crippen molar-refractivity contribution >= 4 is 17.8 Å². The van der Waals surface area contributed by atoms with Crippen LogP contribution >= 0.6 is 0 Å². The van der Waals surface area contributed by atoms with Gasteiger partial charge in [-0.3, -0.25) is 0 Å². The second kappa shape index (κ2) is 9.47. The first-order valence-corrected chi connectivity index (χ1v) is 5.75. The highest BCUT2D eigenvalue weighted by Crippen LogP contribution is 2.24. The van der Waals surface area contributed by atoms with Crippen molar-refractivity contribution in [2.24, 2.45) is 15.9 Å². The maximum Gasteiger partial charge on any atom is 0.573 e. The minimum atomic E-state index is -4.71. The van der Waals surface area contributed by atoms with E-state index < -0.39 is 6.36 Å². The highest BCUT2D eigenvalue weighted by molar-refractivity contribution is 5.50. The predicted molar refractivity (Wildman–Crippen MR) is 68.7 cm³/mol. The van der Waals surface area contributed by atoms with E-state index in [1.165, 1.54) is 24.3 Å². The summed E-state index contributed by atoms with van der Waals surface area (Å²) in [6.45, 7) is 4.60. The standard InChI is InChI=1S/C8H4F3NO2.C5H9NO/c9-8(10,11)14-7-3-1-6(2-4-7)12-5-13;1-5(2)3-6-4-7/h1-4H;5H,3H2,1-2H3. The van der Waals surface area contributed by atoms with E-state index in [1.807, 2.05) is 13.8 Å². The van der Waals surface area contributed by atoms with E-state index in [9.17, 15) is 22.8 Å². The van der Waals surface area contributed by atoms with Crippen LogP contribution in [0.2, 0.25) is 0 Å². The number of hydrogen-bond donors (Lipinski definition) is 0. The zero-order chi connectivity index (χ0) is 16.3. The summed E-state index contributed by atoms with van der Waals surface area (Å²) >= 11 is 0. The third-order valence-corrected chi connectivity index (χ3v) is 1.77. The quantitative estimate of drug-likeness (QED) is 0.631. The van der Waals surface area contributed by atoms with E-state index in [-0.39, 0.29) is 11.4 Å². The largest absolute Gasteiger partial charge is 0.573 e. The van der Waals surface area contributed by atoms with Crippen molar-refractivity contribution < 1.29 is 27.5 Å². The van der Waals surface area contributed by atoms with E-state index in [0.717, 1.165) is 12.1 Å². The fourth-order valence-electron chi connectivity index (χ4n) is 0.995. The molecule has 0 saturated heterocycles. The van der Waals surface area contributed by atoms with Crippen molar-refractivity contribution in [2.75, 3.05) is 6.54 Å². The molecule has 21 heavy (non-hydrogen) atoms. The summed E-state index contributed by atoms with van der Waals surface area (Å²) in [5, 5.41) is 0. The zero-order valence-electron chi connectivity index (χ0n) is 11.3. The second-order valence-electron chi connectivity index (χ2n) is 4.07. The Balaban J connectivity index is 0.000000486. The number of alkyl halides is 3. The Morgan fingerprint density at radius 2 is 1.71 bits per heavy atom. The van der Waals surface area contributed by atoms with Crippen LogP contribution in [0.15, 0.2) is 34.3 Å².